The molecule has 1 rings (SSSR count). The van der Waals surface area contributed by atoms with Crippen molar-refractivity contribution in [1.82, 2.24) is 0 Å². The van der Waals surface area contributed by atoms with Gasteiger partial charge in [-0.3, -0.25) is 4.52 Å². The number of rotatable bonds is 5. The van der Waals surface area contributed by atoms with Crippen molar-refractivity contribution in [3.63, 3.8) is 0 Å². The molecule has 82 valence electrons. The molecule has 0 spiro atoms. The highest BCUT2D eigenvalue weighted by molar-refractivity contribution is 8.62. The van der Waals surface area contributed by atoms with Crippen molar-refractivity contribution >= 4 is 41.9 Å². The molecule has 0 aromatic heterocycles. The third-order valence-electron chi connectivity index (χ3n) is 1.30. The van der Waals surface area contributed by atoms with Gasteiger partial charge in [0.25, 0.3) is 0 Å². The molecule has 0 fully saturated rings. The molecule has 0 aliphatic carbocycles. The van der Waals surface area contributed by atoms with E-state index in [-0.39, 0.29) is 5.75 Å². The molecule has 0 bridgehead atoms. The maximum atomic E-state index is 12.8. The van der Waals surface area contributed by atoms with Crippen molar-refractivity contribution in [2.24, 2.45) is 0 Å². The maximum absolute atomic E-state index is 12.8. The quantitative estimate of drug-likeness (QED) is 0.651. The largest absolute Gasteiger partial charge is 0.463 e. The van der Waals surface area contributed by atoms with Crippen LogP contribution in [0.3, 0.4) is 0 Å². The van der Waals surface area contributed by atoms with E-state index in [0.717, 1.165) is 24.0 Å². The number of benzene rings is 1. The van der Waals surface area contributed by atoms with E-state index in [0.29, 0.717) is 5.75 Å². The van der Waals surface area contributed by atoms with Crippen LogP contribution >= 0.6 is 30.1 Å². The minimum absolute atomic E-state index is 0.139. The number of hydrogen-bond donors (Lipinski definition) is 1. The smallest absolute Gasteiger partial charge is 0.265 e. The summed E-state index contributed by atoms with van der Waals surface area (Å²) in [4.78, 5) is 0. The molecule has 0 saturated carbocycles. The van der Waals surface area contributed by atoms with Gasteiger partial charge in [0.2, 0.25) is 11.8 Å². The molecule has 1 aromatic carbocycles. The van der Waals surface area contributed by atoms with E-state index in [9.17, 15) is 8.78 Å². The predicted octanol–water partition coefficient (Wildman–Crippen LogP) is 3.78. The first-order valence-electron chi connectivity index (χ1n) is 3.97. The molecule has 0 radical (unpaired) electrons. The molecule has 0 aliphatic heterocycles. The fourth-order valence-electron chi connectivity index (χ4n) is 0.809. The second-order valence-electron chi connectivity index (χ2n) is 2.48. The van der Waals surface area contributed by atoms with Crippen molar-refractivity contribution < 1.29 is 13.3 Å². The lowest BCUT2D eigenvalue weighted by molar-refractivity contribution is 0.558. The molecule has 0 heterocycles. The van der Waals surface area contributed by atoms with Gasteiger partial charge < -0.3 is 0 Å². The minimum atomic E-state index is -1.17. The average molecular weight is 285 g/mol. The Labute approximate surface area is 102 Å². The summed E-state index contributed by atoms with van der Waals surface area (Å²) >= 11 is 10.4. The number of halogens is 2. The third-order valence-corrected chi connectivity index (χ3v) is 5.36. The number of hydrogen-bond acceptors (Lipinski definition) is 4. The number of thiol groups is 1. The van der Waals surface area contributed by atoms with Gasteiger partial charge in [-0.25, -0.2) is 8.78 Å². The van der Waals surface area contributed by atoms with Gasteiger partial charge in [0, 0.05) is 24.0 Å². The molecule has 15 heavy (non-hydrogen) atoms. The maximum Gasteiger partial charge on any atom is 0.463 e. The van der Waals surface area contributed by atoms with E-state index in [4.69, 9.17) is 16.3 Å². The van der Waals surface area contributed by atoms with Gasteiger partial charge in [0.05, 0.1) is 5.75 Å². The summed E-state index contributed by atoms with van der Waals surface area (Å²) in [6, 6.07) is 3.03. The molecule has 1 nitrogen and oxygen atoms in total. The summed E-state index contributed by atoms with van der Waals surface area (Å²) in [5.74, 6) is 0.266. The predicted molar refractivity (Wildman–Crippen MR) is 67.6 cm³/mol. The zero-order chi connectivity index (χ0) is 11.3. The summed E-state index contributed by atoms with van der Waals surface area (Å²) in [6.45, 7) is 0. The van der Waals surface area contributed by atoms with Gasteiger partial charge in [0.1, 0.15) is 23.0 Å². The van der Waals surface area contributed by atoms with Crippen LogP contribution in [-0.4, -0.2) is 11.5 Å². The van der Waals surface area contributed by atoms with Gasteiger partial charge in [-0.2, -0.15) is 12.6 Å². The highest BCUT2D eigenvalue weighted by atomic mass is 32.9. The monoisotopic (exact) mass is 285 g/mol. The second kappa shape index (κ2) is 6.63. The highest BCUT2D eigenvalue weighted by Gasteiger charge is 2.16. The van der Waals surface area contributed by atoms with Gasteiger partial charge in [-0.1, -0.05) is 0 Å². The van der Waals surface area contributed by atoms with Crippen LogP contribution in [0.4, 0.5) is 8.78 Å². The first-order chi connectivity index (χ1) is 7.11. The lowest BCUT2D eigenvalue weighted by Crippen LogP contribution is -1.85. The standard InChI is InChI=1S/C8H7F2OPS3/c9-6-3-7(10)5-8(4-6)11-12(14)15-2-1-13/h3-5H,1-2H2/p+1. The Balaban J connectivity index is 2.60. The van der Waals surface area contributed by atoms with Gasteiger partial charge >= 0.3 is 6.13 Å². The molecule has 1 aromatic rings. The van der Waals surface area contributed by atoms with E-state index in [1.165, 1.54) is 11.4 Å². The fraction of sp³-hybridized carbons (Fsp3) is 0.250. The first kappa shape index (κ1) is 13.2. The Morgan fingerprint density at radius 3 is 2.47 bits per heavy atom. The Morgan fingerprint density at radius 2 is 1.93 bits per heavy atom. The molecular weight excluding hydrogens is 277 g/mol. The highest BCUT2D eigenvalue weighted by Crippen LogP contribution is 2.40. The van der Waals surface area contributed by atoms with Crippen LogP contribution in [-0.2, 0) is 11.8 Å². The Morgan fingerprint density at radius 1 is 1.33 bits per heavy atom. The van der Waals surface area contributed by atoms with Crippen LogP contribution < -0.4 is 4.52 Å². The normalized spacial score (nSPS) is 11.3. The first-order valence-corrected chi connectivity index (χ1v) is 8.46. The fourth-order valence-corrected chi connectivity index (χ4v) is 4.14. The molecule has 1 unspecified atom stereocenters. The zero-order valence-corrected chi connectivity index (χ0v) is 10.9. The van der Waals surface area contributed by atoms with Crippen LogP contribution in [0.1, 0.15) is 0 Å². The molecule has 0 N–H and O–H groups in total. The Hall–Kier alpha value is 0.100. The van der Waals surface area contributed by atoms with E-state index in [1.54, 1.807) is 0 Å². The molecule has 7 heteroatoms. The van der Waals surface area contributed by atoms with Crippen LogP contribution in [0, 0.1) is 11.6 Å². The lowest BCUT2D eigenvalue weighted by atomic mass is 10.3. The van der Waals surface area contributed by atoms with Crippen LogP contribution in [0.2, 0.25) is 0 Å². The second-order valence-corrected chi connectivity index (χ2v) is 7.68. The van der Waals surface area contributed by atoms with Crippen molar-refractivity contribution in [2.75, 3.05) is 11.5 Å². The Bertz CT molecular complexity index is 341. The summed E-state index contributed by atoms with van der Waals surface area (Å²) in [6.07, 6.45) is -1.17. The summed E-state index contributed by atoms with van der Waals surface area (Å²) in [5, 5.41) is 0. The zero-order valence-electron chi connectivity index (χ0n) is 7.52. The van der Waals surface area contributed by atoms with Crippen molar-refractivity contribution in [3.05, 3.63) is 29.8 Å². The van der Waals surface area contributed by atoms with Crippen LogP contribution in [0.5, 0.6) is 5.75 Å². The molecule has 0 saturated heterocycles. The third kappa shape index (κ3) is 5.11. The van der Waals surface area contributed by atoms with Crippen molar-refractivity contribution in [1.29, 1.82) is 0 Å². The van der Waals surface area contributed by atoms with E-state index in [2.05, 4.69) is 12.6 Å². The molecule has 0 amide bonds. The van der Waals surface area contributed by atoms with E-state index < -0.39 is 17.8 Å². The van der Waals surface area contributed by atoms with Gasteiger partial charge in [-0.15, -0.1) is 0 Å². The summed E-state index contributed by atoms with van der Waals surface area (Å²) in [5.41, 5.74) is 0. The van der Waals surface area contributed by atoms with Gasteiger partial charge in [0.15, 0.2) is 5.75 Å². The summed E-state index contributed by atoms with van der Waals surface area (Å²) < 4.78 is 30.7. The van der Waals surface area contributed by atoms with Crippen LogP contribution in [0.15, 0.2) is 18.2 Å². The van der Waals surface area contributed by atoms with Crippen LogP contribution in [0.25, 0.3) is 0 Å². The average Bonchev–Trinajstić information content (AvgIpc) is 2.13. The molecule has 0 aliphatic rings. The van der Waals surface area contributed by atoms with Gasteiger partial charge in [-0.05, 0) is 0 Å². The van der Waals surface area contributed by atoms with Crippen molar-refractivity contribution in [2.45, 2.75) is 0 Å². The lowest BCUT2D eigenvalue weighted by Gasteiger charge is -1.95. The SMILES string of the molecule is Fc1cc(F)cc(O[P+](=S)SCCS)c1. The van der Waals surface area contributed by atoms with E-state index in [1.807, 2.05) is 0 Å². The topological polar surface area (TPSA) is 9.23 Å². The molecular formula is C8H8F2OPS3+. The Kier molecular flexibility index (Phi) is 5.82. The molecule has 1 atom stereocenters. The minimum Gasteiger partial charge on any atom is -0.265 e. The van der Waals surface area contributed by atoms with E-state index >= 15 is 0 Å². The van der Waals surface area contributed by atoms with Crippen molar-refractivity contribution in [3.8, 4) is 5.75 Å². The summed E-state index contributed by atoms with van der Waals surface area (Å²) in [7, 11) is 0.